The highest BCUT2D eigenvalue weighted by molar-refractivity contribution is 7.99. The van der Waals surface area contributed by atoms with E-state index in [1.54, 1.807) is 5.56 Å². The molecule has 1 atom stereocenters. The van der Waals surface area contributed by atoms with Gasteiger partial charge in [-0.25, -0.2) is 0 Å². The average molecular weight is 286 g/mol. The third-order valence-electron chi connectivity index (χ3n) is 4.02. The molecule has 1 aromatic heterocycles. The zero-order valence-electron chi connectivity index (χ0n) is 12.0. The number of fused-ring (bicyclic) bond motifs is 1. The summed E-state index contributed by atoms with van der Waals surface area (Å²) in [5.74, 6) is 1.13. The fourth-order valence-corrected chi connectivity index (χ4v) is 3.85. The van der Waals surface area contributed by atoms with Crippen molar-refractivity contribution >= 4 is 11.8 Å². The molecule has 0 bridgehead atoms. The Balaban J connectivity index is 1.60. The summed E-state index contributed by atoms with van der Waals surface area (Å²) in [6.07, 6.45) is 8.52. The number of rotatable bonds is 5. The van der Waals surface area contributed by atoms with Crippen molar-refractivity contribution < 1.29 is 0 Å². The highest BCUT2D eigenvalue weighted by Crippen LogP contribution is 2.30. The summed E-state index contributed by atoms with van der Waals surface area (Å²) in [6.45, 7) is 1.09. The van der Waals surface area contributed by atoms with Crippen molar-refractivity contribution in [2.75, 3.05) is 12.8 Å². The van der Waals surface area contributed by atoms with Crippen LogP contribution in [0.5, 0.6) is 0 Å². The molecular formula is C17H22N2S. The molecule has 1 unspecified atom stereocenters. The first-order valence-corrected chi connectivity index (χ1v) is 8.39. The molecule has 1 aromatic carbocycles. The van der Waals surface area contributed by atoms with E-state index in [1.807, 2.05) is 11.8 Å². The second-order valence-electron chi connectivity index (χ2n) is 5.37. The van der Waals surface area contributed by atoms with Crippen LogP contribution in [0.15, 0.2) is 47.6 Å². The minimum absolute atomic E-state index is 0.557. The number of benzene rings is 1. The van der Waals surface area contributed by atoms with E-state index in [0.29, 0.717) is 6.04 Å². The van der Waals surface area contributed by atoms with Crippen molar-refractivity contribution in [3.8, 4) is 0 Å². The van der Waals surface area contributed by atoms with Gasteiger partial charge in [-0.1, -0.05) is 18.2 Å². The van der Waals surface area contributed by atoms with Crippen LogP contribution in [-0.4, -0.2) is 17.4 Å². The molecule has 0 fully saturated rings. The summed E-state index contributed by atoms with van der Waals surface area (Å²) in [5.41, 5.74) is 3.06. The highest BCUT2D eigenvalue weighted by atomic mass is 32.2. The van der Waals surface area contributed by atoms with E-state index in [9.17, 15) is 0 Å². The van der Waals surface area contributed by atoms with E-state index < -0.39 is 0 Å². The molecule has 3 heteroatoms. The van der Waals surface area contributed by atoms with Crippen LogP contribution in [0.4, 0.5) is 0 Å². The normalized spacial score (nSPS) is 17.9. The summed E-state index contributed by atoms with van der Waals surface area (Å²) in [5, 5.41) is 3.44. The van der Waals surface area contributed by atoms with Crippen molar-refractivity contribution in [2.24, 2.45) is 0 Å². The lowest BCUT2D eigenvalue weighted by Gasteiger charge is -2.21. The summed E-state index contributed by atoms with van der Waals surface area (Å²) in [6, 6.07) is 11.2. The maximum Gasteiger partial charge on any atom is 0.0335 e. The molecule has 2 nitrogen and oxygen atoms in total. The number of aromatic nitrogens is 1. The van der Waals surface area contributed by atoms with E-state index in [0.717, 1.165) is 12.3 Å². The molecule has 1 N–H and O–H groups in total. The Hall–Kier alpha value is -1.19. The molecule has 2 aromatic rings. The lowest BCUT2D eigenvalue weighted by atomic mass is 9.91. The summed E-state index contributed by atoms with van der Waals surface area (Å²) in [7, 11) is 2.07. The van der Waals surface area contributed by atoms with Gasteiger partial charge in [0, 0.05) is 35.6 Å². The molecule has 0 saturated heterocycles. The molecule has 0 radical (unpaired) electrons. The second kappa shape index (κ2) is 6.51. The molecule has 0 spiro atoms. The van der Waals surface area contributed by atoms with Gasteiger partial charge in [-0.3, -0.25) is 0 Å². The molecule has 1 aliphatic rings. The molecule has 1 aliphatic carbocycles. The quantitative estimate of drug-likeness (QED) is 0.840. The third-order valence-corrected chi connectivity index (χ3v) is 5.01. The molecule has 0 aliphatic heterocycles. The summed E-state index contributed by atoms with van der Waals surface area (Å²) in [4.78, 5) is 1.36. The van der Waals surface area contributed by atoms with Gasteiger partial charge < -0.3 is 9.88 Å². The Kier molecular flexibility index (Phi) is 4.48. The van der Waals surface area contributed by atoms with Crippen LogP contribution in [0, 0.1) is 0 Å². The van der Waals surface area contributed by atoms with Crippen molar-refractivity contribution in [3.05, 3.63) is 53.9 Å². The maximum atomic E-state index is 3.44. The molecule has 1 heterocycles. The topological polar surface area (TPSA) is 17.0 Å². The van der Waals surface area contributed by atoms with Gasteiger partial charge in [0.1, 0.15) is 0 Å². The smallest absolute Gasteiger partial charge is 0.0335 e. The van der Waals surface area contributed by atoms with Crippen LogP contribution in [-0.2, 0) is 13.0 Å². The Morgan fingerprint density at radius 1 is 1.25 bits per heavy atom. The fourth-order valence-electron chi connectivity index (χ4n) is 2.96. The first-order valence-electron chi connectivity index (χ1n) is 7.40. The van der Waals surface area contributed by atoms with Crippen LogP contribution >= 0.6 is 11.8 Å². The van der Waals surface area contributed by atoms with Crippen LogP contribution < -0.4 is 5.32 Å². The Morgan fingerprint density at radius 3 is 2.90 bits per heavy atom. The first kappa shape index (κ1) is 13.8. The Morgan fingerprint density at radius 2 is 2.10 bits per heavy atom. The molecular weight excluding hydrogens is 264 g/mol. The predicted octanol–water partition coefficient (Wildman–Crippen LogP) is 3.88. The predicted molar refractivity (Wildman–Crippen MR) is 86.3 cm³/mol. The molecule has 0 amide bonds. The summed E-state index contributed by atoms with van der Waals surface area (Å²) >= 11 is 1.93. The first-order chi connectivity index (χ1) is 9.86. The lowest BCUT2D eigenvalue weighted by Crippen LogP contribution is -2.20. The van der Waals surface area contributed by atoms with Gasteiger partial charge in [0.2, 0.25) is 0 Å². The fraction of sp³-hybridized carbons (Fsp3) is 0.412. The number of nitrogens with zero attached hydrogens (tertiary/aromatic N) is 1. The molecule has 106 valence electrons. The van der Waals surface area contributed by atoms with Crippen molar-refractivity contribution in [1.29, 1.82) is 0 Å². The van der Waals surface area contributed by atoms with Gasteiger partial charge in [0.25, 0.3) is 0 Å². The van der Waals surface area contributed by atoms with Crippen LogP contribution in [0.1, 0.15) is 30.0 Å². The van der Waals surface area contributed by atoms with Gasteiger partial charge in [-0.15, -0.1) is 11.8 Å². The van der Waals surface area contributed by atoms with Crippen LogP contribution in [0.2, 0.25) is 0 Å². The Bertz CT molecular complexity index is 547. The van der Waals surface area contributed by atoms with Gasteiger partial charge in [0.05, 0.1) is 0 Å². The number of hydrogen-bond donors (Lipinski definition) is 1. The van der Waals surface area contributed by atoms with Gasteiger partial charge in [-0.05, 0) is 49.6 Å². The van der Waals surface area contributed by atoms with Crippen LogP contribution in [0.25, 0.3) is 0 Å². The zero-order chi connectivity index (χ0) is 13.8. The third kappa shape index (κ3) is 3.10. The molecule has 3 rings (SSSR count). The number of aryl methyl sites for hydroxylation is 2. The van der Waals surface area contributed by atoms with Crippen molar-refractivity contribution in [1.82, 2.24) is 9.88 Å². The van der Waals surface area contributed by atoms with Gasteiger partial charge >= 0.3 is 0 Å². The number of nitrogens with one attached hydrogen (secondary N) is 1. The summed E-state index contributed by atoms with van der Waals surface area (Å²) < 4.78 is 2.37. The van der Waals surface area contributed by atoms with E-state index in [2.05, 4.69) is 59.7 Å². The van der Waals surface area contributed by atoms with E-state index in [4.69, 9.17) is 0 Å². The SMILES string of the molecule is CNC1CCCc2cn(CCSc3ccccc3)cc21. The van der Waals surface area contributed by atoms with Crippen molar-refractivity contribution in [3.63, 3.8) is 0 Å². The largest absolute Gasteiger partial charge is 0.353 e. The van der Waals surface area contributed by atoms with E-state index in [-0.39, 0.29) is 0 Å². The van der Waals surface area contributed by atoms with Crippen LogP contribution in [0.3, 0.4) is 0 Å². The lowest BCUT2D eigenvalue weighted by molar-refractivity contribution is 0.498. The average Bonchev–Trinajstić information content (AvgIpc) is 2.91. The minimum atomic E-state index is 0.557. The monoisotopic (exact) mass is 286 g/mol. The van der Waals surface area contributed by atoms with Gasteiger partial charge in [-0.2, -0.15) is 0 Å². The highest BCUT2D eigenvalue weighted by Gasteiger charge is 2.20. The maximum absolute atomic E-state index is 3.44. The number of hydrogen-bond acceptors (Lipinski definition) is 2. The van der Waals surface area contributed by atoms with E-state index in [1.165, 1.54) is 29.7 Å². The number of thioether (sulfide) groups is 1. The Labute approximate surface area is 125 Å². The zero-order valence-corrected chi connectivity index (χ0v) is 12.8. The standard InChI is InChI=1S/C17H22N2S/c1-18-17-9-5-6-14-12-19(13-16(14)17)10-11-20-15-7-3-2-4-8-15/h2-4,7-8,12-13,17-18H,5-6,9-11H2,1H3. The van der Waals surface area contributed by atoms with Crippen molar-refractivity contribution in [2.45, 2.75) is 36.7 Å². The van der Waals surface area contributed by atoms with E-state index >= 15 is 0 Å². The molecule has 0 saturated carbocycles. The molecule has 20 heavy (non-hydrogen) atoms. The minimum Gasteiger partial charge on any atom is -0.353 e. The second-order valence-corrected chi connectivity index (χ2v) is 6.54. The van der Waals surface area contributed by atoms with Gasteiger partial charge in [0.15, 0.2) is 0 Å².